The largest absolute Gasteiger partial charge is 0.358 e. The van der Waals surface area contributed by atoms with Gasteiger partial charge in [-0.2, -0.15) is 0 Å². The third-order valence-electron chi connectivity index (χ3n) is 3.81. The van der Waals surface area contributed by atoms with Gasteiger partial charge < -0.3 is 16.0 Å². The molecule has 0 fully saturated rings. The van der Waals surface area contributed by atoms with E-state index < -0.39 is 0 Å². The number of hydrogen-bond acceptors (Lipinski definition) is 2. The maximum atomic E-state index is 5.75. The number of benzene rings is 1. The molecular formula is C17H27N3. The Bertz CT molecular complexity index is 567. The van der Waals surface area contributed by atoms with Crippen LogP contribution in [0.5, 0.6) is 0 Å². The first-order chi connectivity index (χ1) is 9.41. The van der Waals surface area contributed by atoms with Gasteiger partial charge in [0.25, 0.3) is 0 Å². The Balaban J connectivity index is 2.04. The molecule has 3 heteroatoms. The molecule has 4 N–H and O–H groups in total. The second-order valence-corrected chi connectivity index (χ2v) is 6.77. The monoisotopic (exact) mass is 273 g/mol. The van der Waals surface area contributed by atoms with Gasteiger partial charge >= 0.3 is 0 Å². The lowest BCUT2D eigenvalue weighted by atomic mass is 9.94. The first-order valence-corrected chi connectivity index (χ1v) is 7.43. The Morgan fingerprint density at radius 3 is 2.65 bits per heavy atom. The highest BCUT2D eigenvalue weighted by molar-refractivity contribution is 5.81. The van der Waals surface area contributed by atoms with Crippen molar-refractivity contribution in [3.8, 4) is 0 Å². The quantitative estimate of drug-likeness (QED) is 0.756. The van der Waals surface area contributed by atoms with E-state index >= 15 is 0 Å². The molecule has 3 nitrogen and oxygen atoms in total. The topological polar surface area (TPSA) is 53.8 Å². The van der Waals surface area contributed by atoms with Crippen LogP contribution in [-0.4, -0.2) is 18.1 Å². The smallest absolute Gasteiger partial charge is 0.0456 e. The lowest BCUT2D eigenvalue weighted by Crippen LogP contribution is -2.35. The Kier molecular flexibility index (Phi) is 4.51. The van der Waals surface area contributed by atoms with E-state index in [1.54, 1.807) is 0 Å². The van der Waals surface area contributed by atoms with Crippen LogP contribution in [0.4, 0.5) is 0 Å². The highest BCUT2D eigenvalue weighted by atomic mass is 14.9. The predicted octanol–water partition coefficient (Wildman–Crippen LogP) is 3.37. The molecule has 0 amide bonds. The van der Waals surface area contributed by atoms with Crippen LogP contribution >= 0.6 is 0 Å². The first-order valence-electron chi connectivity index (χ1n) is 7.43. The van der Waals surface area contributed by atoms with Gasteiger partial charge in [-0.3, -0.25) is 0 Å². The van der Waals surface area contributed by atoms with Crippen molar-refractivity contribution in [2.45, 2.75) is 40.2 Å². The number of nitrogens with two attached hydrogens (primary N) is 1. The van der Waals surface area contributed by atoms with Gasteiger partial charge in [0.1, 0.15) is 0 Å². The Morgan fingerprint density at radius 1 is 1.25 bits per heavy atom. The maximum absolute atomic E-state index is 5.75. The molecule has 1 aromatic heterocycles. The molecule has 2 rings (SSSR count). The van der Waals surface area contributed by atoms with E-state index in [-0.39, 0.29) is 5.41 Å². The number of aromatic amines is 1. The van der Waals surface area contributed by atoms with Crippen molar-refractivity contribution in [2.75, 3.05) is 13.1 Å². The highest BCUT2D eigenvalue weighted by Gasteiger charge is 2.14. The molecule has 0 radical (unpaired) electrons. The molecule has 1 heterocycles. The van der Waals surface area contributed by atoms with Crippen LogP contribution in [0.2, 0.25) is 0 Å². The van der Waals surface area contributed by atoms with Gasteiger partial charge in [0, 0.05) is 24.3 Å². The number of hydrogen-bond donors (Lipinski definition) is 3. The summed E-state index contributed by atoms with van der Waals surface area (Å²) >= 11 is 0. The summed E-state index contributed by atoms with van der Waals surface area (Å²) in [5, 5.41) is 4.79. The molecule has 0 atom stereocenters. The predicted molar refractivity (Wildman–Crippen MR) is 86.9 cm³/mol. The van der Waals surface area contributed by atoms with Crippen molar-refractivity contribution in [1.29, 1.82) is 0 Å². The van der Waals surface area contributed by atoms with Gasteiger partial charge in [-0.15, -0.1) is 0 Å². The van der Waals surface area contributed by atoms with E-state index in [2.05, 4.69) is 62.3 Å². The number of nitrogens with one attached hydrogen (secondary N) is 2. The minimum atomic E-state index is 0.156. The molecule has 0 aliphatic heterocycles. The normalized spacial score (nSPS) is 12.5. The van der Waals surface area contributed by atoms with Crippen molar-refractivity contribution in [3.05, 3.63) is 35.5 Å². The molecule has 20 heavy (non-hydrogen) atoms. The van der Waals surface area contributed by atoms with Gasteiger partial charge in [-0.1, -0.05) is 33.8 Å². The van der Waals surface area contributed by atoms with Crippen molar-refractivity contribution < 1.29 is 0 Å². The number of aromatic nitrogens is 1. The molecule has 0 saturated heterocycles. The van der Waals surface area contributed by atoms with Gasteiger partial charge in [-0.25, -0.2) is 0 Å². The Morgan fingerprint density at radius 2 is 2.00 bits per heavy atom. The van der Waals surface area contributed by atoms with Crippen LogP contribution in [0.1, 0.15) is 44.9 Å². The maximum Gasteiger partial charge on any atom is 0.0456 e. The lowest BCUT2D eigenvalue weighted by Gasteiger charge is -2.22. The van der Waals surface area contributed by atoms with Gasteiger partial charge in [0.15, 0.2) is 0 Å². The second-order valence-electron chi connectivity index (χ2n) is 6.77. The Hall–Kier alpha value is -1.32. The van der Waals surface area contributed by atoms with E-state index in [0.29, 0.717) is 12.5 Å². The zero-order valence-electron chi connectivity index (χ0n) is 13.1. The van der Waals surface area contributed by atoms with Crippen LogP contribution in [0, 0.1) is 5.41 Å². The van der Waals surface area contributed by atoms with E-state index in [0.717, 1.165) is 13.1 Å². The van der Waals surface area contributed by atoms with Crippen molar-refractivity contribution in [1.82, 2.24) is 10.3 Å². The number of rotatable bonds is 6. The van der Waals surface area contributed by atoms with Crippen LogP contribution in [0.3, 0.4) is 0 Å². The van der Waals surface area contributed by atoms with E-state index in [1.807, 2.05) is 0 Å². The summed E-state index contributed by atoms with van der Waals surface area (Å²) in [5.41, 5.74) is 9.74. The summed E-state index contributed by atoms with van der Waals surface area (Å²) in [4.78, 5) is 3.47. The summed E-state index contributed by atoms with van der Waals surface area (Å²) in [6, 6.07) is 8.88. The van der Waals surface area contributed by atoms with Gasteiger partial charge in [0.05, 0.1) is 0 Å². The lowest BCUT2D eigenvalue weighted by molar-refractivity contribution is 0.351. The molecule has 0 saturated carbocycles. The average molecular weight is 273 g/mol. The summed E-state index contributed by atoms with van der Waals surface area (Å²) in [6.45, 7) is 11.3. The molecule has 110 valence electrons. The molecule has 0 aliphatic carbocycles. The zero-order chi connectivity index (χ0) is 14.8. The van der Waals surface area contributed by atoms with Crippen LogP contribution in [-0.2, 0) is 6.54 Å². The minimum absolute atomic E-state index is 0.156. The molecule has 0 bridgehead atoms. The van der Waals surface area contributed by atoms with E-state index in [4.69, 9.17) is 5.73 Å². The number of fused-ring (bicyclic) bond motifs is 1. The number of H-pyrrole nitrogens is 1. The summed E-state index contributed by atoms with van der Waals surface area (Å²) in [6.07, 6.45) is 0. The second kappa shape index (κ2) is 5.98. The summed E-state index contributed by atoms with van der Waals surface area (Å²) < 4.78 is 0. The highest BCUT2D eigenvalue weighted by Crippen LogP contribution is 2.22. The van der Waals surface area contributed by atoms with Crippen molar-refractivity contribution in [2.24, 2.45) is 11.1 Å². The average Bonchev–Trinajstić information content (AvgIpc) is 2.82. The fourth-order valence-electron chi connectivity index (χ4n) is 2.24. The van der Waals surface area contributed by atoms with E-state index in [1.165, 1.54) is 22.2 Å². The van der Waals surface area contributed by atoms with Crippen LogP contribution in [0.15, 0.2) is 24.3 Å². The standard InChI is InChI=1S/C17H27N3/c1-12(2)16-8-14-7-13(5-6-15(14)20-16)9-19-11-17(3,4)10-18/h5-8,12,19-20H,9-11,18H2,1-4H3. The van der Waals surface area contributed by atoms with Gasteiger partial charge in [0.2, 0.25) is 0 Å². The molecule has 1 aromatic carbocycles. The van der Waals surface area contributed by atoms with Gasteiger partial charge in [-0.05, 0) is 47.0 Å². The fraction of sp³-hybridized carbons (Fsp3) is 0.529. The minimum Gasteiger partial charge on any atom is -0.358 e. The van der Waals surface area contributed by atoms with Crippen molar-refractivity contribution in [3.63, 3.8) is 0 Å². The van der Waals surface area contributed by atoms with E-state index in [9.17, 15) is 0 Å². The first kappa shape index (κ1) is 15.1. The Labute approximate surface area is 121 Å². The third kappa shape index (κ3) is 3.62. The summed E-state index contributed by atoms with van der Waals surface area (Å²) in [5.74, 6) is 0.536. The fourth-order valence-corrected chi connectivity index (χ4v) is 2.24. The molecule has 2 aromatic rings. The molecular weight excluding hydrogens is 246 g/mol. The van der Waals surface area contributed by atoms with Crippen LogP contribution < -0.4 is 11.1 Å². The molecule has 0 unspecified atom stereocenters. The SMILES string of the molecule is CC(C)c1cc2cc(CNCC(C)(C)CN)ccc2[nH]1. The molecule has 0 aliphatic rings. The zero-order valence-corrected chi connectivity index (χ0v) is 13.1. The molecule has 0 spiro atoms. The van der Waals surface area contributed by atoms with Crippen LogP contribution in [0.25, 0.3) is 10.9 Å². The third-order valence-corrected chi connectivity index (χ3v) is 3.81. The van der Waals surface area contributed by atoms with Crippen molar-refractivity contribution >= 4 is 10.9 Å². The summed E-state index contributed by atoms with van der Waals surface area (Å²) in [7, 11) is 0.